The highest BCUT2D eigenvalue weighted by atomic mass is 16.5. The first-order valence-electron chi connectivity index (χ1n) is 6.23. The molecule has 0 radical (unpaired) electrons. The first-order valence-corrected chi connectivity index (χ1v) is 6.23. The van der Waals surface area contributed by atoms with Gasteiger partial charge in [-0.3, -0.25) is 4.90 Å². The Morgan fingerprint density at radius 3 is 2.72 bits per heavy atom. The number of methoxy groups -OCH3 is 1. The Hall–Kier alpha value is -1.10. The summed E-state index contributed by atoms with van der Waals surface area (Å²) in [7, 11) is 3.56. The van der Waals surface area contributed by atoms with Gasteiger partial charge in [0.15, 0.2) is 0 Å². The van der Waals surface area contributed by atoms with Gasteiger partial charge in [0.1, 0.15) is 5.75 Å². The number of aliphatic hydroxyl groups is 1. The van der Waals surface area contributed by atoms with E-state index in [1.54, 1.807) is 7.11 Å². The molecule has 18 heavy (non-hydrogen) atoms. The zero-order valence-electron chi connectivity index (χ0n) is 11.4. The van der Waals surface area contributed by atoms with Gasteiger partial charge in [-0.05, 0) is 20.0 Å². The maximum absolute atomic E-state index is 9.67. The van der Waals surface area contributed by atoms with Crippen molar-refractivity contribution < 1.29 is 14.6 Å². The summed E-state index contributed by atoms with van der Waals surface area (Å²) in [6.07, 6.45) is -0.459. The van der Waals surface area contributed by atoms with Crippen LogP contribution in [0.1, 0.15) is 12.5 Å². The van der Waals surface area contributed by atoms with Crippen molar-refractivity contribution in [2.75, 3.05) is 33.9 Å². The van der Waals surface area contributed by atoms with Crippen molar-refractivity contribution in [1.82, 2.24) is 4.90 Å². The molecule has 0 aliphatic rings. The molecular formula is C14H23NO3. The lowest BCUT2D eigenvalue weighted by Gasteiger charge is -2.21. The zero-order chi connectivity index (χ0) is 13.4. The Morgan fingerprint density at radius 1 is 1.33 bits per heavy atom. The summed E-state index contributed by atoms with van der Waals surface area (Å²) in [5.41, 5.74) is 1.13. The summed E-state index contributed by atoms with van der Waals surface area (Å²) in [4.78, 5) is 2.06. The Kier molecular flexibility index (Phi) is 6.72. The van der Waals surface area contributed by atoms with Crippen molar-refractivity contribution in [3.05, 3.63) is 29.8 Å². The van der Waals surface area contributed by atoms with Crippen molar-refractivity contribution in [2.24, 2.45) is 0 Å². The molecule has 0 amide bonds. The van der Waals surface area contributed by atoms with Crippen molar-refractivity contribution in [2.45, 2.75) is 19.6 Å². The lowest BCUT2D eigenvalue weighted by molar-refractivity contribution is 0.0417. The zero-order valence-corrected chi connectivity index (χ0v) is 11.4. The normalized spacial score (nSPS) is 12.7. The van der Waals surface area contributed by atoms with E-state index in [1.807, 2.05) is 38.2 Å². The van der Waals surface area contributed by atoms with Crippen molar-refractivity contribution >= 4 is 0 Å². The quantitative estimate of drug-likeness (QED) is 0.763. The molecule has 0 aromatic heterocycles. The van der Waals surface area contributed by atoms with E-state index in [0.29, 0.717) is 19.8 Å². The number of rotatable bonds is 8. The van der Waals surface area contributed by atoms with Gasteiger partial charge in [0.05, 0.1) is 19.3 Å². The van der Waals surface area contributed by atoms with Crippen LogP contribution in [0.4, 0.5) is 0 Å². The maximum atomic E-state index is 9.67. The topological polar surface area (TPSA) is 41.9 Å². The Bertz CT molecular complexity index is 344. The largest absolute Gasteiger partial charge is 0.494 e. The van der Waals surface area contributed by atoms with Gasteiger partial charge in [0.2, 0.25) is 0 Å². The summed E-state index contributed by atoms with van der Waals surface area (Å²) in [5, 5.41) is 9.67. The van der Waals surface area contributed by atoms with Gasteiger partial charge in [0.25, 0.3) is 0 Å². The van der Waals surface area contributed by atoms with Crippen LogP contribution in [0.2, 0.25) is 0 Å². The predicted octanol–water partition coefficient (Wildman–Crippen LogP) is 1.52. The smallest absolute Gasteiger partial charge is 0.123 e. The fourth-order valence-corrected chi connectivity index (χ4v) is 1.89. The molecule has 0 saturated heterocycles. The van der Waals surface area contributed by atoms with Gasteiger partial charge in [0, 0.05) is 25.8 Å². The van der Waals surface area contributed by atoms with E-state index < -0.39 is 6.10 Å². The summed E-state index contributed by atoms with van der Waals surface area (Å²) in [6.45, 7) is 4.32. The Balaban J connectivity index is 2.55. The molecule has 1 aromatic rings. The van der Waals surface area contributed by atoms with Crippen molar-refractivity contribution in [1.29, 1.82) is 0 Å². The van der Waals surface area contributed by atoms with Crippen LogP contribution < -0.4 is 4.74 Å². The van der Waals surface area contributed by atoms with Crippen LogP contribution in [0.25, 0.3) is 0 Å². The van der Waals surface area contributed by atoms with E-state index in [1.165, 1.54) is 0 Å². The number of benzene rings is 1. The van der Waals surface area contributed by atoms with E-state index in [-0.39, 0.29) is 0 Å². The van der Waals surface area contributed by atoms with Crippen LogP contribution in [-0.4, -0.2) is 50.0 Å². The number of ether oxygens (including phenoxy) is 2. The van der Waals surface area contributed by atoms with Crippen LogP contribution in [0.15, 0.2) is 24.3 Å². The molecular weight excluding hydrogens is 230 g/mol. The average molecular weight is 253 g/mol. The van der Waals surface area contributed by atoms with E-state index >= 15 is 0 Å². The van der Waals surface area contributed by atoms with Gasteiger partial charge in [-0.15, -0.1) is 0 Å². The van der Waals surface area contributed by atoms with Crippen LogP contribution >= 0.6 is 0 Å². The molecule has 0 heterocycles. The molecule has 0 fully saturated rings. The fraction of sp³-hybridized carbons (Fsp3) is 0.571. The Labute approximate surface area is 109 Å². The molecule has 0 spiro atoms. The van der Waals surface area contributed by atoms with Gasteiger partial charge in [-0.2, -0.15) is 0 Å². The minimum absolute atomic E-state index is 0.359. The third kappa shape index (κ3) is 5.04. The summed E-state index contributed by atoms with van der Waals surface area (Å²) >= 11 is 0. The summed E-state index contributed by atoms with van der Waals surface area (Å²) < 4.78 is 10.5. The standard InChI is InChI=1S/C14H23NO3/c1-4-18-14-8-6-5-7-12(14)9-15(2)10-13(16)11-17-3/h5-8,13,16H,4,9-11H2,1-3H3. The van der Waals surface area contributed by atoms with E-state index in [4.69, 9.17) is 9.47 Å². The third-order valence-electron chi connectivity index (χ3n) is 2.59. The Morgan fingerprint density at radius 2 is 2.06 bits per heavy atom. The molecule has 102 valence electrons. The number of aliphatic hydroxyl groups excluding tert-OH is 1. The van der Waals surface area contributed by atoms with Gasteiger partial charge in [-0.1, -0.05) is 18.2 Å². The first-order chi connectivity index (χ1) is 8.67. The predicted molar refractivity (Wildman–Crippen MR) is 71.8 cm³/mol. The summed E-state index contributed by atoms with van der Waals surface area (Å²) in [5.74, 6) is 0.910. The molecule has 1 aromatic carbocycles. The van der Waals surface area contributed by atoms with Crippen LogP contribution in [-0.2, 0) is 11.3 Å². The second kappa shape index (κ2) is 8.08. The lowest BCUT2D eigenvalue weighted by Crippen LogP contribution is -2.31. The average Bonchev–Trinajstić information content (AvgIpc) is 2.32. The maximum Gasteiger partial charge on any atom is 0.123 e. The number of para-hydroxylation sites is 1. The molecule has 1 N–H and O–H groups in total. The van der Waals surface area contributed by atoms with Gasteiger partial charge >= 0.3 is 0 Å². The highest BCUT2D eigenvalue weighted by Crippen LogP contribution is 2.19. The van der Waals surface area contributed by atoms with Crippen LogP contribution in [0.5, 0.6) is 5.75 Å². The molecule has 0 aliphatic heterocycles. The SMILES string of the molecule is CCOc1ccccc1CN(C)CC(O)COC. The molecule has 0 bridgehead atoms. The van der Waals surface area contributed by atoms with Crippen LogP contribution in [0, 0.1) is 0 Å². The molecule has 1 unspecified atom stereocenters. The minimum atomic E-state index is -0.459. The third-order valence-corrected chi connectivity index (χ3v) is 2.59. The number of hydrogen-bond acceptors (Lipinski definition) is 4. The van der Waals surface area contributed by atoms with Gasteiger partial charge < -0.3 is 14.6 Å². The number of nitrogens with zero attached hydrogens (tertiary/aromatic N) is 1. The molecule has 4 nitrogen and oxygen atoms in total. The molecule has 1 rings (SSSR count). The highest BCUT2D eigenvalue weighted by molar-refractivity contribution is 5.33. The van der Waals surface area contributed by atoms with Gasteiger partial charge in [-0.25, -0.2) is 0 Å². The highest BCUT2D eigenvalue weighted by Gasteiger charge is 2.10. The lowest BCUT2D eigenvalue weighted by atomic mass is 10.2. The van der Waals surface area contributed by atoms with Crippen molar-refractivity contribution in [3.63, 3.8) is 0 Å². The fourth-order valence-electron chi connectivity index (χ4n) is 1.89. The second-order valence-corrected chi connectivity index (χ2v) is 4.35. The van der Waals surface area contributed by atoms with Crippen molar-refractivity contribution in [3.8, 4) is 5.75 Å². The number of hydrogen-bond donors (Lipinski definition) is 1. The number of likely N-dealkylation sites (N-methyl/N-ethyl adjacent to an activating group) is 1. The summed E-state index contributed by atoms with van der Waals surface area (Å²) in [6, 6.07) is 7.98. The van der Waals surface area contributed by atoms with E-state index in [0.717, 1.165) is 17.9 Å². The molecule has 0 aliphatic carbocycles. The monoisotopic (exact) mass is 253 g/mol. The first kappa shape index (κ1) is 15.0. The minimum Gasteiger partial charge on any atom is -0.494 e. The van der Waals surface area contributed by atoms with E-state index in [9.17, 15) is 5.11 Å². The molecule has 0 saturated carbocycles. The molecule has 1 atom stereocenters. The molecule has 4 heteroatoms. The van der Waals surface area contributed by atoms with Crippen LogP contribution in [0.3, 0.4) is 0 Å². The van der Waals surface area contributed by atoms with E-state index in [2.05, 4.69) is 4.90 Å². The second-order valence-electron chi connectivity index (χ2n) is 4.35.